The van der Waals surface area contributed by atoms with Gasteiger partial charge in [0, 0.05) is 26.1 Å². The maximum Gasteiger partial charge on any atom is 0.294 e. The molecule has 0 atom stereocenters. The highest BCUT2D eigenvalue weighted by molar-refractivity contribution is 5.83. The molecule has 0 radical (unpaired) electrons. The number of anilines is 1. The van der Waals surface area contributed by atoms with Gasteiger partial charge in [-0.15, -0.1) is 0 Å². The average molecular weight is 343 g/mol. The van der Waals surface area contributed by atoms with Crippen molar-refractivity contribution < 1.29 is 9.59 Å². The summed E-state index contributed by atoms with van der Waals surface area (Å²) in [4.78, 5) is 42.0. The average Bonchev–Trinajstić information content (AvgIpc) is 3.13. The van der Waals surface area contributed by atoms with Crippen LogP contribution in [0.4, 0.5) is 5.82 Å². The molecule has 2 heterocycles. The maximum atomic E-state index is 12.9. The summed E-state index contributed by atoms with van der Waals surface area (Å²) in [5.41, 5.74) is 6.24. The molecule has 0 saturated carbocycles. The van der Waals surface area contributed by atoms with Crippen LogP contribution in [-0.2, 0) is 16.1 Å². The monoisotopic (exact) mass is 343 g/mol. The molecule has 2 aromatic rings. The number of aromatic nitrogens is 2. The van der Waals surface area contributed by atoms with Gasteiger partial charge >= 0.3 is 0 Å². The van der Waals surface area contributed by atoms with Crippen LogP contribution >= 0.6 is 0 Å². The van der Waals surface area contributed by atoms with Crippen molar-refractivity contribution in [2.75, 3.05) is 24.5 Å². The first kappa shape index (κ1) is 16.9. The third kappa shape index (κ3) is 3.78. The van der Waals surface area contributed by atoms with E-state index >= 15 is 0 Å². The van der Waals surface area contributed by atoms with Crippen molar-refractivity contribution in [1.29, 1.82) is 0 Å². The van der Waals surface area contributed by atoms with Gasteiger partial charge in [0.15, 0.2) is 5.82 Å². The topological polar surface area (TPSA) is 110 Å². The minimum Gasteiger partial charge on any atom is -0.368 e. The summed E-state index contributed by atoms with van der Waals surface area (Å²) in [6, 6.07) is 7.39. The van der Waals surface area contributed by atoms with E-state index in [1.807, 2.05) is 29.2 Å². The molecule has 8 nitrogen and oxygen atoms in total. The molecule has 25 heavy (non-hydrogen) atoms. The van der Waals surface area contributed by atoms with Crippen LogP contribution in [0.15, 0.2) is 29.1 Å². The number of primary amides is 1. The Morgan fingerprint density at radius 1 is 1.20 bits per heavy atom. The van der Waals surface area contributed by atoms with Crippen LogP contribution in [0.1, 0.15) is 19.3 Å². The number of fused-ring (bicyclic) bond motifs is 1. The number of nitrogens with one attached hydrogen (secondary N) is 1. The smallest absolute Gasteiger partial charge is 0.294 e. The number of nitrogens with two attached hydrogens (primary N) is 1. The van der Waals surface area contributed by atoms with E-state index in [0.717, 1.165) is 31.4 Å². The number of amides is 2. The number of nitrogens with zero attached hydrogens (tertiary/aromatic N) is 3. The second-order valence-electron chi connectivity index (χ2n) is 6.07. The van der Waals surface area contributed by atoms with Gasteiger partial charge in [-0.3, -0.25) is 14.4 Å². The Morgan fingerprint density at radius 3 is 2.64 bits per heavy atom. The Morgan fingerprint density at radius 2 is 1.92 bits per heavy atom. The molecule has 0 aliphatic carbocycles. The van der Waals surface area contributed by atoms with E-state index in [0.29, 0.717) is 11.3 Å². The van der Waals surface area contributed by atoms with Crippen LogP contribution in [-0.4, -0.2) is 41.0 Å². The molecule has 0 unspecified atom stereocenters. The van der Waals surface area contributed by atoms with Crippen LogP contribution in [0, 0.1) is 0 Å². The highest BCUT2D eigenvalue weighted by atomic mass is 16.2. The first-order chi connectivity index (χ1) is 12.1. The summed E-state index contributed by atoms with van der Waals surface area (Å²) in [6.45, 7) is 1.65. The number of para-hydroxylation sites is 2. The predicted octanol–water partition coefficient (Wildman–Crippen LogP) is -0.0117. The van der Waals surface area contributed by atoms with Crippen molar-refractivity contribution in [3.63, 3.8) is 0 Å². The van der Waals surface area contributed by atoms with Crippen molar-refractivity contribution in [3.8, 4) is 0 Å². The number of hydrogen-bond donors (Lipinski definition) is 2. The van der Waals surface area contributed by atoms with E-state index in [2.05, 4.69) is 10.3 Å². The van der Waals surface area contributed by atoms with E-state index in [-0.39, 0.29) is 31.0 Å². The second kappa shape index (κ2) is 7.33. The summed E-state index contributed by atoms with van der Waals surface area (Å²) in [7, 11) is 0. The molecule has 1 saturated heterocycles. The van der Waals surface area contributed by atoms with Gasteiger partial charge in [0.25, 0.3) is 5.56 Å². The normalized spacial score (nSPS) is 14.0. The zero-order chi connectivity index (χ0) is 17.8. The quantitative estimate of drug-likeness (QED) is 0.766. The van der Waals surface area contributed by atoms with Gasteiger partial charge < -0.3 is 20.5 Å². The van der Waals surface area contributed by atoms with Gasteiger partial charge in [0.1, 0.15) is 0 Å². The van der Waals surface area contributed by atoms with Gasteiger partial charge in [-0.2, -0.15) is 0 Å². The van der Waals surface area contributed by atoms with Crippen molar-refractivity contribution in [1.82, 2.24) is 14.9 Å². The molecule has 1 aliphatic rings. The standard InChI is InChI=1S/C17H21N5O3/c18-14(23)11-19-15(24)7-10-22-13-6-2-1-5-12(13)20-16(17(22)25)21-8-3-4-9-21/h1-2,5-6H,3-4,7-11H2,(H2,18,23)(H,19,24). The summed E-state index contributed by atoms with van der Waals surface area (Å²) < 4.78 is 1.58. The van der Waals surface area contributed by atoms with E-state index < -0.39 is 5.91 Å². The minimum absolute atomic E-state index is 0.0840. The van der Waals surface area contributed by atoms with Crippen molar-refractivity contribution >= 4 is 28.7 Å². The van der Waals surface area contributed by atoms with E-state index in [1.54, 1.807) is 4.57 Å². The summed E-state index contributed by atoms with van der Waals surface area (Å²) in [5, 5.41) is 2.43. The molecule has 132 valence electrons. The Hall–Kier alpha value is -2.90. The summed E-state index contributed by atoms with van der Waals surface area (Å²) in [5.74, 6) is -0.487. The number of hydrogen-bond acceptors (Lipinski definition) is 5. The predicted molar refractivity (Wildman–Crippen MR) is 94.3 cm³/mol. The van der Waals surface area contributed by atoms with E-state index in [1.165, 1.54) is 0 Å². The lowest BCUT2D eigenvalue weighted by Gasteiger charge is -2.18. The fourth-order valence-electron chi connectivity index (χ4n) is 3.02. The fraction of sp³-hybridized carbons (Fsp3) is 0.412. The van der Waals surface area contributed by atoms with Gasteiger partial charge in [-0.1, -0.05) is 12.1 Å². The summed E-state index contributed by atoms with van der Waals surface area (Å²) in [6.07, 6.45) is 2.17. The zero-order valence-electron chi connectivity index (χ0n) is 13.9. The molecule has 0 bridgehead atoms. The van der Waals surface area contributed by atoms with E-state index in [4.69, 9.17) is 5.73 Å². The molecule has 3 rings (SSSR count). The molecular weight excluding hydrogens is 322 g/mol. The molecule has 1 aromatic carbocycles. The van der Waals surface area contributed by atoms with Crippen molar-refractivity contribution in [3.05, 3.63) is 34.6 Å². The molecule has 3 N–H and O–H groups in total. The first-order valence-corrected chi connectivity index (χ1v) is 8.36. The molecule has 1 aliphatic heterocycles. The Labute approximate surface area is 144 Å². The SMILES string of the molecule is NC(=O)CNC(=O)CCn1c(=O)c(N2CCCC2)nc2ccccc21. The highest BCUT2D eigenvalue weighted by Crippen LogP contribution is 2.18. The van der Waals surface area contributed by atoms with Crippen LogP contribution in [0.2, 0.25) is 0 Å². The molecule has 1 aromatic heterocycles. The fourth-order valence-corrected chi connectivity index (χ4v) is 3.02. The minimum atomic E-state index is -0.601. The lowest BCUT2D eigenvalue weighted by atomic mass is 10.2. The summed E-state index contributed by atoms with van der Waals surface area (Å²) >= 11 is 0. The Balaban J connectivity index is 1.89. The molecular formula is C17H21N5O3. The molecule has 2 amide bonds. The number of carbonyl (C=O) groups is 2. The van der Waals surface area contributed by atoms with Crippen LogP contribution < -0.4 is 21.5 Å². The number of rotatable bonds is 6. The number of carbonyl (C=O) groups excluding carboxylic acids is 2. The maximum absolute atomic E-state index is 12.9. The molecule has 8 heteroatoms. The van der Waals surface area contributed by atoms with Crippen LogP contribution in [0.25, 0.3) is 11.0 Å². The van der Waals surface area contributed by atoms with E-state index in [9.17, 15) is 14.4 Å². The largest absolute Gasteiger partial charge is 0.368 e. The second-order valence-corrected chi connectivity index (χ2v) is 6.07. The molecule has 1 fully saturated rings. The third-order valence-corrected chi connectivity index (χ3v) is 4.26. The lowest BCUT2D eigenvalue weighted by Crippen LogP contribution is -2.35. The van der Waals surface area contributed by atoms with Gasteiger partial charge in [-0.05, 0) is 25.0 Å². The number of benzene rings is 1. The molecule has 0 spiro atoms. The van der Waals surface area contributed by atoms with Gasteiger partial charge in [-0.25, -0.2) is 4.98 Å². The van der Waals surface area contributed by atoms with Gasteiger partial charge in [0.05, 0.1) is 17.6 Å². The van der Waals surface area contributed by atoms with Gasteiger partial charge in [0.2, 0.25) is 11.8 Å². The van der Waals surface area contributed by atoms with Crippen LogP contribution in [0.5, 0.6) is 0 Å². The third-order valence-electron chi connectivity index (χ3n) is 4.26. The first-order valence-electron chi connectivity index (χ1n) is 8.36. The number of aryl methyl sites for hydroxylation is 1. The van der Waals surface area contributed by atoms with Crippen molar-refractivity contribution in [2.45, 2.75) is 25.8 Å². The lowest BCUT2D eigenvalue weighted by molar-refractivity contribution is -0.124. The highest BCUT2D eigenvalue weighted by Gasteiger charge is 2.20. The van der Waals surface area contributed by atoms with Crippen molar-refractivity contribution in [2.24, 2.45) is 5.73 Å². The Bertz CT molecular complexity index is 855. The Kier molecular flexibility index (Phi) is 4.97. The zero-order valence-corrected chi connectivity index (χ0v) is 13.9. The van der Waals surface area contributed by atoms with Crippen LogP contribution in [0.3, 0.4) is 0 Å².